The van der Waals surface area contributed by atoms with Gasteiger partial charge in [-0.25, -0.2) is 9.66 Å². The van der Waals surface area contributed by atoms with Crippen LogP contribution in [-0.2, 0) is 11.2 Å². The Hall–Kier alpha value is -3.56. The van der Waals surface area contributed by atoms with Crippen LogP contribution in [0.4, 0.5) is 17.1 Å². The molecule has 1 heterocycles. The Morgan fingerprint density at radius 2 is 1.65 bits per heavy atom. The SMILES string of the molecule is O=C(CNn1c(Cc2ccccc2Nc2c(Cl)cccc2Cl)nc2ccc(Br)cc2c1=O)Nc1cccc(Cl)c1. The summed E-state index contributed by atoms with van der Waals surface area (Å²) in [6.07, 6.45) is 0.259. The van der Waals surface area contributed by atoms with Gasteiger partial charge >= 0.3 is 0 Å². The van der Waals surface area contributed by atoms with Crippen LogP contribution in [0.3, 0.4) is 0 Å². The maximum absolute atomic E-state index is 13.6. The molecule has 202 valence electrons. The van der Waals surface area contributed by atoms with Crippen LogP contribution in [0.2, 0.25) is 15.1 Å². The molecule has 0 aliphatic rings. The standard InChI is InChI=1S/C29H21BrCl3N5O2/c30-18-11-12-25-21(14-18)29(40)38(34-16-27(39)35-20-7-3-6-19(31)15-20)26(36-25)13-17-5-1-2-10-24(17)37-28-22(32)8-4-9-23(28)33/h1-12,14-15,34,37H,13,16H2,(H,35,39). The normalized spacial score (nSPS) is 10.9. The molecule has 1 amide bonds. The van der Waals surface area contributed by atoms with Gasteiger partial charge in [0.25, 0.3) is 5.56 Å². The van der Waals surface area contributed by atoms with Gasteiger partial charge < -0.3 is 16.1 Å². The first kappa shape index (κ1) is 28.0. The highest BCUT2D eigenvalue weighted by atomic mass is 79.9. The fourth-order valence-corrected chi connectivity index (χ4v) is 5.17. The van der Waals surface area contributed by atoms with Gasteiger partial charge in [0.15, 0.2) is 0 Å². The molecule has 0 saturated carbocycles. The number of amides is 1. The number of rotatable bonds is 8. The quantitative estimate of drug-likeness (QED) is 0.160. The number of carbonyl (C=O) groups is 1. The minimum absolute atomic E-state index is 0.185. The summed E-state index contributed by atoms with van der Waals surface area (Å²) in [7, 11) is 0. The van der Waals surface area contributed by atoms with Crippen molar-refractivity contribution in [3.05, 3.63) is 126 Å². The first-order chi connectivity index (χ1) is 19.3. The molecule has 0 radical (unpaired) electrons. The van der Waals surface area contributed by atoms with Crippen molar-refractivity contribution in [3.8, 4) is 0 Å². The minimum atomic E-state index is -0.357. The molecule has 40 heavy (non-hydrogen) atoms. The van der Waals surface area contributed by atoms with E-state index in [1.54, 1.807) is 54.6 Å². The Morgan fingerprint density at radius 3 is 2.42 bits per heavy atom. The van der Waals surface area contributed by atoms with Crippen molar-refractivity contribution >= 4 is 84.6 Å². The number of para-hydroxylation sites is 2. The highest BCUT2D eigenvalue weighted by molar-refractivity contribution is 9.10. The molecule has 3 N–H and O–H groups in total. The van der Waals surface area contributed by atoms with Gasteiger partial charge in [0.2, 0.25) is 5.91 Å². The number of hydrogen-bond donors (Lipinski definition) is 3. The second kappa shape index (κ2) is 12.3. The zero-order valence-electron chi connectivity index (χ0n) is 20.7. The molecule has 0 saturated heterocycles. The second-order valence-electron chi connectivity index (χ2n) is 8.78. The van der Waals surface area contributed by atoms with Gasteiger partial charge in [0, 0.05) is 27.3 Å². The molecule has 0 aliphatic heterocycles. The van der Waals surface area contributed by atoms with Crippen LogP contribution in [0.5, 0.6) is 0 Å². The maximum atomic E-state index is 13.6. The first-order valence-electron chi connectivity index (χ1n) is 12.1. The highest BCUT2D eigenvalue weighted by Crippen LogP contribution is 2.34. The van der Waals surface area contributed by atoms with Crippen molar-refractivity contribution in [2.45, 2.75) is 6.42 Å². The number of benzene rings is 4. The van der Waals surface area contributed by atoms with Crippen molar-refractivity contribution in [1.29, 1.82) is 0 Å². The van der Waals surface area contributed by atoms with Gasteiger partial charge in [0.1, 0.15) is 12.4 Å². The Balaban J connectivity index is 1.48. The van der Waals surface area contributed by atoms with Gasteiger partial charge in [-0.2, -0.15) is 0 Å². The summed E-state index contributed by atoms with van der Waals surface area (Å²) in [5, 5.41) is 7.92. The molecule has 5 rings (SSSR count). The van der Waals surface area contributed by atoms with Gasteiger partial charge in [-0.3, -0.25) is 9.59 Å². The number of anilines is 3. The Morgan fingerprint density at radius 1 is 0.900 bits per heavy atom. The predicted octanol–water partition coefficient (Wildman–Crippen LogP) is 7.64. The van der Waals surface area contributed by atoms with E-state index in [4.69, 9.17) is 39.8 Å². The van der Waals surface area contributed by atoms with E-state index < -0.39 is 0 Å². The summed E-state index contributed by atoms with van der Waals surface area (Å²) in [5.74, 6) is 0.0553. The van der Waals surface area contributed by atoms with E-state index in [0.717, 1.165) is 15.7 Å². The fourth-order valence-electron chi connectivity index (χ4n) is 4.13. The molecule has 7 nitrogen and oxygen atoms in total. The van der Waals surface area contributed by atoms with Crippen LogP contribution in [0.25, 0.3) is 10.9 Å². The van der Waals surface area contributed by atoms with Crippen molar-refractivity contribution in [2.75, 3.05) is 22.6 Å². The smallest absolute Gasteiger partial charge is 0.280 e. The van der Waals surface area contributed by atoms with E-state index in [2.05, 4.69) is 32.0 Å². The molecule has 0 bridgehead atoms. The number of nitrogens with one attached hydrogen (secondary N) is 3. The molecule has 0 unspecified atom stereocenters. The lowest BCUT2D eigenvalue weighted by molar-refractivity contribution is -0.114. The number of halogens is 4. The van der Waals surface area contributed by atoms with E-state index in [9.17, 15) is 9.59 Å². The van der Waals surface area contributed by atoms with Crippen molar-refractivity contribution in [1.82, 2.24) is 9.66 Å². The zero-order valence-corrected chi connectivity index (χ0v) is 24.6. The topological polar surface area (TPSA) is 88.1 Å². The van der Waals surface area contributed by atoms with Crippen molar-refractivity contribution in [2.24, 2.45) is 0 Å². The Kier molecular flexibility index (Phi) is 8.61. The van der Waals surface area contributed by atoms with Crippen LogP contribution in [0, 0.1) is 0 Å². The third kappa shape index (κ3) is 6.42. The average molecular weight is 658 g/mol. The van der Waals surface area contributed by atoms with E-state index in [1.807, 2.05) is 30.3 Å². The molecule has 0 spiro atoms. The molecule has 4 aromatic carbocycles. The third-order valence-corrected chi connectivity index (χ3v) is 7.35. The lowest BCUT2D eigenvalue weighted by atomic mass is 10.1. The lowest BCUT2D eigenvalue weighted by Crippen LogP contribution is -2.37. The number of aromatic nitrogens is 2. The highest BCUT2D eigenvalue weighted by Gasteiger charge is 2.16. The summed E-state index contributed by atoms with van der Waals surface area (Å²) < 4.78 is 2.05. The Labute approximate surface area is 253 Å². The van der Waals surface area contributed by atoms with E-state index in [0.29, 0.717) is 43.2 Å². The van der Waals surface area contributed by atoms with E-state index >= 15 is 0 Å². The minimum Gasteiger partial charge on any atom is -0.353 e. The fraction of sp³-hybridized carbons (Fsp3) is 0.0690. The van der Waals surface area contributed by atoms with Gasteiger partial charge in [0.05, 0.1) is 26.6 Å². The monoisotopic (exact) mass is 655 g/mol. The number of nitrogens with zero attached hydrogens (tertiary/aromatic N) is 2. The van der Waals surface area contributed by atoms with Gasteiger partial charge in [-0.1, -0.05) is 81.1 Å². The van der Waals surface area contributed by atoms with Crippen molar-refractivity contribution < 1.29 is 4.79 Å². The summed E-state index contributed by atoms with van der Waals surface area (Å²) in [6, 6.07) is 25.0. The first-order valence-corrected chi connectivity index (χ1v) is 14.0. The molecule has 5 aromatic rings. The molecule has 0 atom stereocenters. The molecule has 1 aromatic heterocycles. The predicted molar refractivity (Wildman–Crippen MR) is 167 cm³/mol. The van der Waals surface area contributed by atoms with Crippen LogP contribution in [-0.4, -0.2) is 22.1 Å². The van der Waals surface area contributed by atoms with E-state index in [1.165, 1.54) is 4.68 Å². The molecule has 11 heteroatoms. The van der Waals surface area contributed by atoms with Crippen molar-refractivity contribution in [3.63, 3.8) is 0 Å². The molecular weight excluding hydrogens is 637 g/mol. The van der Waals surface area contributed by atoms with Gasteiger partial charge in [-0.05, 0) is 60.2 Å². The number of carbonyl (C=O) groups excluding carboxylic acids is 1. The van der Waals surface area contributed by atoms with Crippen LogP contribution in [0.15, 0.2) is 94.2 Å². The van der Waals surface area contributed by atoms with E-state index in [-0.39, 0.29) is 24.4 Å². The molecular formula is C29H21BrCl3N5O2. The Bertz CT molecular complexity index is 1770. The largest absolute Gasteiger partial charge is 0.353 e. The van der Waals surface area contributed by atoms with Gasteiger partial charge in [-0.15, -0.1) is 0 Å². The average Bonchev–Trinajstić information content (AvgIpc) is 2.92. The van der Waals surface area contributed by atoms with Crippen LogP contribution in [0.1, 0.15) is 11.4 Å². The molecule has 0 fully saturated rings. The third-order valence-electron chi connectivity index (χ3n) is 5.99. The number of hydrogen-bond acceptors (Lipinski definition) is 5. The maximum Gasteiger partial charge on any atom is 0.280 e. The lowest BCUT2D eigenvalue weighted by Gasteiger charge is -2.18. The summed E-state index contributed by atoms with van der Waals surface area (Å²) in [4.78, 5) is 31.1. The second-order valence-corrected chi connectivity index (χ2v) is 10.9. The van der Waals surface area contributed by atoms with Crippen LogP contribution >= 0.6 is 50.7 Å². The van der Waals surface area contributed by atoms with Crippen LogP contribution < -0.4 is 21.6 Å². The summed E-state index contributed by atoms with van der Waals surface area (Å²) in [6.45, 7) is -0.185. The summed E-state index contributed by atoms with van der Waals surface area (Å²) >= 11 is 22.2. The molecule has 0 aliphatic carbocycles. The number of fused-ring (bicyclic) bond motifs is 1. The summed E-state index contributed by atoms with van der Waals surface area (Å²) in [5.41, 5.74) is 5.85. The zero-order chi connectivity index (χ0) is 28.2.